The van der Waals surface area contributed by atoms with E-state index >= 15 is 0 Å². The van der Waals surface area contributed by atoms with Crippen molar-refractivity contribution >= 4 is 0 Å². The van der Waals surface area contributed by atoms with Gasteiger partial charge in [0.25, 0.3) is 0 Å². The molecule has 48 valence electrons. The summed E-state index contributed by atoms with van der Waals surface area (Å²) in [4.78, 5) is 2.38. The predicted molar refractivity (Wildman–Crippen MR) is 34.7 cm³/mol. The maximum Gasteiger partial charge on any atom is 0.0105 e. The van der Waals surface area contributed by atoms with Crippen molar-refractivity contribution in [3.8, 4) is 0 Å². The zero-order chi connectivity index (χ0) is 5.98. The van der Waals surface area contributed by atoms with Crippen LogP contribution >= 0.6 is 0 Å². The lowest BCUT2D eigenvalue weighted by Gasteiger charge is -2.36. The van der Waals surface area contributed by atoms with Crippen LogP contribution in [0, 0.1) is 5.92 Å². The molecule has 1 rings (SSSR count). The molecule has 1 fully saturated rings. The zero-order valence-corrected chi connectivity index (χ0v) is 5.43. The quantitative estimate of drug-likeness (QED) is 0.543. The van der Waals surface area contributed by atoms with Crippen molar-refractivity contribution in [2.75, 3.05) is 26.2 Å². The summed E-state index contributed by atoms with van der Waals surface area (Å²) in [7, 11) is 0. The van der Waals surface area contributed by atoms with Crippen LogP contribution in [0.15, 0.2) is 0 Å². The number of hydrogen-bond acceptors (Lipinski definition) is 2. The van der Waals surface area contributed by atoms with E-state index in [2.05, 4.69) is 11.8 Å². The number of likely N-dealkylation sites (tertiary alicyclic amines) is 1. The maximum atomic E-state index is 5.34. The lowest BCUT2D eigenvalue weighted by Crippen LogP contribution is -2.47. The second-order valence-corrected chi connectivity index (χ2v) is 2.65. The first-order valence-corrected chi connectivity index (χ1v) is 3.25. The van der Waals surface area contributed by atoms with Crippen LogP contribution in [0.1, 0.15) is 6.92 Å². The minimum absolute atomic E-state index is 0.812. The van der Waals surface area contributed by atoms with Gasteiger partial charge in [-0.15, -0.1) is 0 Å². The highest BCUT2D eigenvalue weighted by atomic mass is 15.2. The normalized spacial score (nSPS) is 23.2. The summed E-state index contributed by atoms with van der Waals surface area (Å²) in [6.07, 6.45) is 0. The van der Waals surface area contributed by atoms with Crippen LogP contribution in [0.4, 0.5) is 0 Å². The summed E-state index contributed by atoms with van der Waals surface area (Å²) in [5, 5.41) is 0. The van der Waals surface area contributed by atoms with E-state index in [-0.39, 0.29) is 0 Å². The van der Waals surface area contributed by atoms with Gasteiger partial charge < -0.3 is 10.6 Å². The fraction of sp³-hybridized carbons (Fsp3) is 1.00. The molecule has 0 saturated carbocycles. The van der Waals surface area contributed by atoms with Gasteiger partial charge in [0, 0.05) is 26.2 Å². The molecule has 1 heterocycles. The van der Waals surface area contributed by atoms with Gasteiger partial charge in [0.15, 0.2) is 0 Å². The molecule has 0 aliphatic carbocycles. The fourth-order valence-corrected chi connectivity index (χ4v) is 1.19. The van der Waals surface area contributed by atoms with E-state index in [0.29, 0.717) is 0 Å². The molecule has 0 aromatic carbocycles. The summed E-state index contributed by atoms with van der Waals surface area (Å²) in [6.45, 7) is 6.69. The predicted octanol–water partition coefficient (Wildman–Crippen LogP) is -0.103. The average Bonchev–Trinajstić information content (AvgIpc) is 1.64. The van der Waals surface area contributed by atoms with Crippen molar-refractivity contribution in [3.63, 3.8) is 0 Å². The molecule has 0 aromatic heterocycles. The van der Waals surface area contributed by atoms with Crippen LogP contribution in [0.5, 0.6) is 0 Å². The molecule has 0 bridgehead atoms. The second kappa shape index (κ2) is 2.46. The van der Waals surface area contributed by atoms with Crippen LogP contribution in [-0.2, 0) is 0 Å². The second-order valence-electron chi connectivity index (χ2n) is 2.65. The summed E-state index contributed by atoms with van der Waals surface area (Å²) >= 11 is 0. The Kier molecular flexibility index (Phi) is 1.86. The molecule has 0 aromatic rings. The Hall–Kier alpha value is -0.0800. The van der Waals surface area contributed by atoms with Crippen LogP contribution in [0.25, 0.3) is 0 Å². The van der Waals surface area contributed by atoms with Crippen LogP contribution in [-0.4, -0.2) is 31.1 Å². The number of hydrogen-bond donors (Lipinski definition) is 1. The van der Waals surface area contributed by atoms with Crippen molar-refractivity contribution in [3.05, 3.63) is 0 Å². The number of rotatable bonds is 2. The van der Waals surface area contributed by atoms with Crippen molar-refractivity contribution in [1.82, 2.24) is 4.90 Å². The molecule has 2 N–H and O–H groups in total. The Morgan fingerprint density at radius 3 is 2.62 bits per heavy atom. The number of nitrogens with two attached hydrogens (primary N) is 1. The van der Waals surface area contributed by atoms with Crippen LogP contribution in [0.2, 0.25) is 0 Å². The highest BCUT2D eigenvalue weighted by Gasteiger charge is 2.20. The Bertz CT molecular complexity index is 64.2. The topological polar surface area (TPSA) is 29.3 Å². The average molecular weight is 114 g/mol. The lowest BCUT2D eigenvalue weighted by atomic mass is 10.0. The van der Waals surface area contributed by atoms with Gasteiger partial charge in [0.2, 0.25) is 0 Å². The van der Waals surface area contributed by atoms with Gasteiger partial charge in [-0.3, -0.25) is 0 Å². The van der Waals surface area contributed by atoms with Gasteiger partial charge in [0.05, 0.1) is 0 Å². The Labute approximate surface area is 50.7 Å². The molecular formula is C6H14N2. The fourth-order valence-electron chi connectivity index (χ4n) is 1.19. The van der Waals surface area contributed by atoms with Gasteiger partial charge in [-0.05, 0) is 5.92 Å². The minimum Gasteiger partial charge on any atom is -0.329 e. The lowest BCUT2D eigenvalue weighted by molar-refractivity contribution is 0.117. The first-order valence-electron chi connectivity index (χ1n) is 3.25. The molecule has 1 saturated heterocycles. The smallest absolute Gasteiger partial charge is 0.0105 e. The molecule has 0 spiro atoms. The molecule has 2 heteroatoms. The first-order chi connectivity index (χ1) is 3.83. The van der Waals surface area contributed by atoms with Crippen molar-refractivity contribution in [1.29, 1.82) is 0 Å². The molecule has 8 heavy (non-hydrogen) atoms. The molecule has 2 nitrogen and oxygen atoms in total. The van der Waals surface area contributed by atoms with Gasteiger partial charge in [-0.2, -0.15) is 0 Å². The number of nitrogens with zero attached hydrogens (tertiary/aromatic N) is 1. The van der Waals surface area contributed by atoms with E-state index in [9.17, 15) is 0 Å². The third kappa shape index (κ3) is 1.20. The van der Waals surface area contributed by atoms with Crippen molar-refractivity contribution < 1.29 is 0 Å². The van der Waals surface area contributed by atoms with E-state index in [1.165, 1.54) is 13.1 Å². The minimum atomic E-state index is 0.812. The molecule has 0 amide bonds. The van der Waals surface area contributed by atoms with Crippen LogP contribution in [0.3, 0.4) is 0 Å². The summed E-state index contributed by atoms with van der Waals surface area (Å²) < 4.78 is 0. The first kappa shape index (κ1) is 6.05. The third-order valence-corrected chi connectivity index (χ3v) is 1.59. The molecular weight excluding hydrogens is 100 g/mol. The Morgan fingerprint density at radius 1 is 1.62 bits per heavy atom. The zero-order valence-electron chi connectivity index (χ0n) is 5.43. The van der Waals surface area contributed by atoms with E-state index in [0.717, 1.165) is 19.0 Å². The van der Waals surface area contributed by atoms with Gasteiger partial charge in [-0.25, -0.2) is 0 Å². The molecule has 0 unspecified atom stereocenters. The summed E-state index contributed by atoms with van der Waals surface area (Å²) in [6, 6.07) is 0. The van der Waals surface area contributed by atoms with E-state index < -0.39 is 0 Å². The van der Waals surface area contributed by atoms with E-state index in [4.69, 9.17) is 5.73 Å². The molecule has 1 aliphatic rings. The SMILES string of the molecule is CC1CN(CCN)C1. The third-order valence-electron chi connectivity index (χ3n) is 1.59. The van der Waals surface area contributed by atoms with Crippen molar-refractivity contribution in [2.24, 2.45) is 11.7 Å². The van der Waals surface area contributed by atoms with Gasteiger partial charge in [-0.1, -0.05) is 6.92 Å². The molecule has 0 atom stereocenters. The van der Waals surface area contributed by atoms with Crippen LogP contribution < -0.4 is 5.73 Å². The highest BCUT2D eigenvalue weighted by Crippen LogP contribution is 2.11. The molecule has 0 radical (unpaired) electrons. The highest BCUT2D eigenvalue weighted by molar-refractivity contribution is 4.75. The monoisotopic (exact) mass is 114 g/mol. The summed E-state index contributed by atoms with van der Waals surface area (Å²) in [5.74, 6) is 0.918. The van der Waals surface area contributed by atoms with E-state index in [1.807, 2.05) is 0 Å². The van der Waals surface area contributed by atoms with Gasteiger partial charge >= 0.3 is 0 Å². The largest absolute Gasteiger partial charge is 0.329 e. The van der Waals surface area contributed by atoms with E-state index in [1.54, 1.807) is 0 Å². The standard InChI is InChI=1S/C6H14N2/c1-6-4-8(5-6)3-2-7/h6H,2-5,7H2,1H3. The van der Waals surface area contributed by atoms with Crippen molar-refractivity contribution in [2.45, 2.75) is 6.92 Å². The molecule has 1 aliphatic heterocycles. The maximum absolute atomic E-state index is 5.34. The van der Waals surface area contributed by atoms with Gasteiger partial charge in [0.1, 0.15) is 0 Å². The summed E-state index contributed by atoms with van der Waals surface area (Å²) in [5.41, 5.74) is 5.34. The Balaban J connectivity index is 1.98. The Morgan fingerprint density at radius 2 is 2.25 bits per heavy atom.